The third-order valence-corrected chi connectivity index (χ3v) is 5.77. The van der Waals surface area contributed by atoms with Gasteiger partial charge in [0.2, 0.25) is 0 Å². The van der Waals surface area contributed by atoms with Crippen LogP contribution >= 0.6 is 11.8 Å². The van der Waals surface area contributed by atoms with Crippen LogP contribution in [0, 0.1) is 0 Å². The largest absolute Gasteiger partial charge is 0.504 e. The molecule has 2 aromatic carbocycles. The van der Waals surface area contributed by atoms with E-state index in [2.05, 4.69) is 10.2 Å². The number of hydrogen-bond acceptors (Lipinski definition) is 7. The van der Waals surface area contributed by atoms with Gasteiger partial charge in [-0.3, -0.25) is 9.69 Å². The van der Waals surface area contributed by atoms with Gasteiger partial charge in [0.1, 0.15) is 5.76 Å². The quantitative estimate of drug-likeness (QED) is 0.267. The van der Waals surface area contributed by atoms with Crippen LogP contribution in [-0.4, -0.2) is 33.9 Å². The van der Waals surface area contributed by atoms with E-state index in [0.717, 1.165) is 5.56 Å². The Morgan fingerprint density at radius 2 is 1.97 bits per heavy atom. The third-order valence-electron chi connectivity index (χ3n) is 4.75. The Morgan fingerprint density at radius 1 is 1.12 bits per heavy atom. The van der Waals surface area contributed by atoms with Crippen molar-refractivity contribution < 1.29 is 19.1 Å². The molecule has 7 nitrogen and oxygen atoms in total. The van der Waals surface area contributed by atoms with Gasteiger partial charge in [0.25, 0.3) is 5.91 Å². The van der Waals surface area contributed by atoms with Crippen molar-refractivity contribution in [2.24, 2.45) is 10.2 Å². The second kappa shape index (κ2) is 11.2. The standard InChI is InChI=1S/C26H23N3O4S/c1-2-32-23-16-20(13-14-22(23)30)17-27-28-26-29(18-21-11-7-15-33-21)25(31)24(34-26)12-6-10-19-8-4-3-5-9-19/h3-17,30H,2,18H2,1H3/b10-6+,24-12-,27-17+,28-26-. The summed E-state index contributed by atoms with van der Waals surface area (Å²) >= 11 is 1.25. The summed E-state index contributed by atoms with van der Waals surface area (Å²) in [5.41, 5.74) is 1.75. The fraction of sp³-hybridized carbons (Fsp3) is 0.115. The van der Waals surface area contributed by atoms with Crippen LogP contribution in [0.5, 0.6) is 11.5 Å². The van der Waals surface area contributed by atoms with Gasteiger partial charge < -0.3 is 14.3 Å². The molecule has 1 aliphatic rings. The highest BCUT2D eigenvalue weighted by Gasteiger charge is 2.33. The first-order chi connectivity index (χ1) is 16.6. The van der Waals surface area contributed by atoms with Crippen molar-refractivity contribution in [3.05, 3.63) is 101 Å². The number of hydrogen-bond donors (Lipinski definition) is 1. The summed E-state index contributed by atoms with van der Waals surface area (Å²) in [4.78, 5) is 15.1. The summed E-state index contributed by atoms with van der Waals surface area (Å²) in [6.45, 7) is 2.53. The fourth-order valence-corrected chi connectivity index (χ4v) is 4.02. The normalized spacial score (nSPS) is 16.5. The number of allylic oxidation sites excluding steroid dienone is 2. The zero-order valence-corrected chi connectivity index (χ0v) is 19.3. The monoisotopic (exact) mass is 473 g/mol. The summed E-state index contributed by atoms with van der Waals surface area (Å²) in [6.07, 6.45) is 8.67. The minimum atomic E-state index is -0.170. The average Bonchev–Trinajstić information content (AvgIpc) is 3.46. The van der Waals surface area contributed by atoms with Gasteiger partial charge in [-0.25, -0.2) is 0 Å². The number of phenolic OH excluding ortho intramolecular Hbond substituents is 1. The number of furan rings is 1. The Morgan fingerprint density at radius 3 is 2.74 bits per heavy atom. The number of aromatic hydroxyl groups is 1. The van der Waals surface area contributed by atoms with E-state index >= 15 is 0 Å². The molecule has 1 N–H and O–H groups in total. The van der Waals surface area contributed by atoms with Gasteiger partial charge in [-0.2, -0.15) is 5.10 Å². The Balaban J connectivity index is 1.55. The predicted octanol–water partition coefficient (Wildman–Crippen LogP) is 5.45. The minimum absolute atomic E-state index is 0.0604. The van der Waals surface area contributed by atoms with E-state index in [9.17, 15) is 9.90 Å². The van der Waals surface area contributed by atoms with E-state index in [1.54, 1.807) is 36.8 Å². The van der Waals surface area contributed by atoms with Crippen LogP contribution < -0.4 is 4.74 Å². The number of thioether (sulfide) groups is 1. The summed E-state index contributed by atoms with van der Waals surface area (Å²) < 4.78 is 10.8. The molecule has 8 heteroatoms. The lowest BCUT2D eigenvalue weighted by Crippen LogP contribution is -2.28. The number of benzene rings is 2. The van der Waals surface area contributed by atoms with Crippen molar-refractivity contribution in [3.8, 4) is 11.5 Å². The number of carbonyl (C=O) groups excluding carboxylic acids is 1. The van der Waals surface area contributed by atoms with Gasteiger partial charge >= 0.3 is 0 Å². The molecule has 4 rings (SSSR count). The van der Waals surface area contributed by atoms with Crippen molar-refractivity contribution >= 4 is 35.1 Å². The summed E-state index contributed by atoms with van der Waals surface area (Å²) in [6, 6.07) is 18.4. The average molecular weight is 474 g/mol. The SMILES string of the molecule is CCOc1cc(/C=N/N=C2\S/C(=C\C=C\c3ccccc3)C(=O)N2Cc2ccco2)ccc1O. The fourth-order valence-electron chi connectivity index (χ4n) is 3.13. The molecule has 0 radical (unpaired) electrons. The maximum absolute atomic E-state index is 13.1. The molecule has 1 aromatic heterocycles. The molecule has 1 saturated heterocycles. The number of ether oxygens (including phenoxy) is 1. The first-order valence-corrected chi connectivity index (χ1v) is 11.5. The van der Waals surface area contributed by atoms with Crippen LogP contribution in [0.4, 0.5) is 0 Å². The molecule has 1 amide bonds. The van der Waals surface area contributed by atoms with Gasteiger partial charge in [-0.1, -0.05) is 42.5 Å². The molecule has 0 bridgehead atoms. The number of amidine groups is 1. The molecule has 0 aliphatic carbocycles. The maximum atomic E-state index is 13.1. The first-order valence-electron chi connectivity index (χ1n) is 10.7. The lowest BCUT2D eigenvalue weighted by molar-refractivity contribution is -0.122. The van der Waals surface area contributed by atoms with Crippen molar-refractivity contribution in [3.63, 3.8) is 0 Å². The van der Waals surface area contributed by atoms with Crippen molar-refractivity contribution in [2.75, 3.05) is 6.61 Å². The second-order valence-corrected chi connectivity index (χ2v) is 8.17. The molecule has 1 fully saturated rings. The minimum Gasteiger partial charge on any atom is -0.504 e. The Hall–Kier alpha value is -4.04. The molecule has 0 unspecified atom stereocenters. The van der Waals surface area contributed by atoms with Crippen LogP contribution in [0.1, 0.15) is 23.8 Å². The van der Waals surface area contributed by atoms with Gasteiger partial charge in [0.15, 0.2) is 16.7 Å². The van der Waals surface area contributed by atoms with E-state index in [1.165, 1.54) is 22.7 Å². The van der Waals surface area contributed by atoms with E-state index < -0.39 is 0 Å². The van der Waals surface area contributed by atoms with Gasteiger partial charge in [-0.15, -0.1) is 5.10 Å². The molecular weight excluding hydrogens is 450 g/mol. The smallest absolute Gasteiger partial charge is 0.267 e. The van der Waals surface area contributed by atoms with Gasteiger partial charge in [0.05, 0.1) is 30.5 Å². The zero-order valence-electron chi connectivity index (χ0n) is 18.5. The number of amides is 1. The topological polar surface area (TPSA) is 87.6 Å². The number of phenols is 1. The van der Waals surface area contributed by atoms with Gasteiger partial charge in [-0.05, 0) is 66.2 Å². The maximum Gasteiger partial charge on any atom is 0.267 e. The molecule has 0 spiro atoms. The first kappa shape index (κ1) is 23.1. The third kappa shape index (κ3) is 5.85. The summed E-state index contributed by atoms with van der Waals surface area (Å²) in [5.74, 6) is 0.910. The Bertz CT molecular complexity index is 1250. The molecule has 0 atom stereocenters. The number of nitrogens with zero attached hydrogens (tertiary/aromatic N) is 3. The van der Waals surface area contributed by atoms with Gasteiger partial charge in [0, 0.05) is 0 Å². The molecule has 2 heterocycles. The Labute approximate surface area is 201 Å². The molecular formula is C26H23N3O4S. The zero-order chi connectivity index (χ0) is 23.8. The van der Waals surface area contributed by atoms with Crippen LogP contribution in [0.3, 0.4) is 0 Å². The number of carbonyl (C=O) groups is 1. The van der Waals surface area contributed by atoms with Crippen LogP contribution in [0.2, 0.25) is 0 Å². The predicted molar refractivity (Wildman–Crippen MR) is 135 cm³/mol. The molecule has 34 heavy (non-hydrogen) atoms. The molecule has 1 aliphatic heterocycles. The summed E-state index contributed by atoms with van der Waals surface area (Å²) in [7, 11) is 0. The highest BCUT2D eigenvalue weighted by molar-refractivity contribution is 8.18. The lowest BCUT2D eigenvalue weighted by atomic mass is 10.2. The van der Waals surface area contributed by atoms with Crippen molar-refractivity contribution in [2.45, 2.75) is 13.5 Å². The Kier molecular flexibility index (Phi) is 7.62. The molecule has 3 aromatic rings. The van der Waals surface area contributed by atoms with Crippen LogP contribution in [-0.2, 0) is 11.3 Å². The lowest BCUT2D eigenvalue weighted by Gasteiger charge is -2.12. The molecule has 172 valence electrons. The van der Waals surface area contributed by atoms with E-state index in [1.807, 2.05) is 55.5 Å². The summed E-state index contributed by atoms with van der Waals surface area (Å²) in [5, 5.41) is 18.8. The highest BCUT2D eigenvalue weighted by atomic mass is 32.2. The van der Waals surface area contributed by atoms with Crippen LogP contribution in [0.25, 0.3) is 6.08 Å². The molecule has 0 saturated carbocycles. The highest BCUT2D eigenvalue weighted by Crippen LogP contribution is 2.32. The van der Waals surface area contributed by atoms with Crippen molar-refractivity contribution in [1.29, 1.82) is 0 Å². The van der Waals surface area contributed by atoms with E-state index in [-0.39, 0.29) is 18.2 Å². The second-order valence-electron chi connectivity index (χ2n) is 7.16. The van der Waals surface area contributed by atoms with E-state index in [0.29, 0.717) is 33.8 Å². The number of rotatable bonds is 8. The van der Waals surface area contributed by atoms with Crippen LogP contribution in [0.15, 0.2) is 98.6 Å². The van der Waals surface area contributed by atoms with E-state index in [4.69, 9.17) is 9.15 Å². The van der Waals surface area contributed by atoms with Crippen molar-refractivity contribution in [1.82, 2.24) is 4.90 Å².